The second-order valence-electron chi connectivity index (χ2n) is 6.88. The first-order valence-corrected chi connectivity index (χ1v) is 9.18. The molecule has 2 aliphatic heterocycles. The monoisotopic (exact) mass is 357 g/mol. The lowest BCUT2D eigenvalue weighted by atomic mass is 9.95. The number of rotatable bonds is 4. The van der Waals surface area contributed by atoms with Gasteiger partial charge in [0.05, 0.1) is 6.20 Å². The fourth-order valence-electron chi connectivity index (χ4n) is 3.67. The van der Waals surface area contributed by atoms with Gasteiger partial charge in [-0.2, -0.15) is 5.10 Å². The second kappa shape index (κ2) is 7.41. The highest BCUT2D eigenvalue weighted by Crippen LogP contribution is 2.21. The van der Waals surface area contributed by atoms with Gasteiger partial charge in [-0.05, 0) is 31.7 Å². The van der Waals surface area contributed by atoms with E-state index in [4.69, 9.17) is 4.74 Å². The van der Waals surface area contributed by atoms with Gasteiger partial charge in [0.25, 0.3) is 5.91 Å². The van der Waals surface area contributed by atoms with Gasteiger partial charge in [0, 0.05) is 50.1 Å². The van der Waals surface area contributed by atoms with Crippen molar-refractivity contribution in [1.82, 2.24) is 24.8 Å². The van der Waals surface area contributed by atoms with Gasteiger partial charge in [-0.1, -0.05) is 0 Å². The molecule has 0 aromatic carbocycles. The summed E-state index contributed by atoms with van der Waals surface area (Å²) in [6, 6.07) is 1.81. The molecule has 0 radical (unpaired) electrons. The predicted octanol–water partition coefficient (Wildman–Crippen LogP) is 0.763. The fraction of sp³-hybridized carbons (Fsp3) is 0.556. The molecular weight excluding hydrogens is 334 g/mol. The van der Waals surface area contributed by atoms with E-state index in [1.54, 1.807) is 16.9 Å². The number of carbonyl (C=O) groups excluding carboxylic acids is 2. The van der Waals surface area contributed by atoms with E-state index in [-0.39, 0.29) is 23.8 Å². The van der Waals surface area contributed by atoms with Gasteiger partial charge in [0.2, 0.25) is 5.91 Å². The van der Waals surface area contributed by atoms with E-state index < -0.39 is 0 Å². The maximum atomic E-state index is 12.5. The third-order valence-electron chi connectivity index (χ3n) is 5.19. The van der Waals surface area contributed by atoms with Crippen LogP contribution in [0.15, 0.2) is 24.7 Å². The number of aromatic nitrogens is 3. The molecular formula is C18H23N5O3. The topological polar surface area (TPSA) is 88.8 Å². The molecule has 0 unspecified atom stereocenters. The van der Waals surface area contributed by atoms with Crippen molar-refractivity contribution in [1.29, 1.82) is 0 Å². The largest absolute Gasteiger partial charge is 0.368 e. The van der Waals surface area contributed by atoms with Crippen LogP contribution in [0.5, 0.6) is 0 Å². The molecule has 8 nitrogen and oxygen atoms in total. The van der Waals surface area contributed by atoms with Gasteiger partial charge in [0.15, 0.2) is 5.65 Å². The maximum Gasteiger partial charge on any atom is 0.251 e. The highest BCUT2D eigenvalue weighted by Gasteiger charge is 2.32. The van der Waals surface area contributed by atoms with Crippen molar-refractivity contribution >= 4 is 17.5 Å². The van der Waals surface area contributed by atoms with Crippen molar-refractivity contribution in [2.24, 2.45) is 5.92 Å². The van der Waals surface area contributed by atoms with E-state index in [0.29, 0.717) is 39.1 Å². The Labute approximate surface area is 151 Å². The number of hydrogen-bond donors (Lipinski definition) is 1. The molecule has 2 amide bonds. The van der Waals surface area contributed by atoms with Crippen LogP contribution in [0.2, 0.25) is 0 Å². The van der Waals surface area contributed by atoms with Crippen LogP contribution in [-0.4, -0.2) is 57.1 Å². The summed E-state index contributed by atoms with van der Waals surface area (Å²) in [4.78, 5) is 31.0. The van der Waals surface area contributed by atoms with Crippen molar-refractivity contribution in [2.45, 2.75) is 38.3 Å². The Balaban J connectivity index is 1.27. The Hall–Kier alpha value is -2.48. The van der Waals surface area contributed by atoms with Crippen LogP contribution in [0.3, 0.4) is 0 Å². The van der Waals surface area contributed by atoms with E-state index in [1.807, 2.05) is 17.2 Å². The van der Waals surface area contributed by atoms with Gasteiger partial charge >= 0.3 is 0 Å². The Kier molecular flexibility index (Phi) is 4.83. The molecule has 4 rings (SSSR count). The smallest absolute Gasteiger partial charge is 0.251 e. The van der Waals surface area contributed by atoms with E-state index in [0.717, 1.165) is 24.1 Å². The number of amides is 2. The lowest BCUT2D eigenvalue weighted by molar-refractivity contribution is -0.143. The lowest BCUT2D eigenvalue weighted by Crippen LogP contribution is -2.46. The first kappa shape index (κ1) is 17.0. The zero-order chi connectivity index (χ0) is 17.9. The fourth-order valence-corrected chi connectivity index (χ4v) is 3.67. The third-order valence-corrected chi connectivity index (χ3v) is 5.19. The van der Waals surface area contributed by atoms with Crippen LogP contribution in [-0.2, 0) is 20.9 Å². The summed E-state index contributed by atoms with van der Waals surface area (Å²) in [6.07, 6.45) is 8.14. The highest BCUT2D eigenvalue weighted by molar-refractivity contribution is 5.82. The highest BCUT2D eigenvalue weighted by atomic mass is 16.5. The van der Waals surface area contributed by atoms with Crippen molar-refractivity contribution < 1.29 is 14.3 Å². The van der Waals surface area contributed by atoms with E-state index in [1.165, 1.54) is 0 Å². The Morgan fingerprint density at radius 2 is 2.12 bits per heavy atom. The minimum atomic E-state index is -0.275. The summed E-state index contributed by atoms with van der Waals surface area (Å²) < 4.78 is 7.16. The molecule has 26 heavy (non-hydrogen) atoms. The lowest BCUT2D eigenvalue weighted by Gasteiger charge is -2.32. The standard InChI is InChI=1S/C18H23N5O3/c24-17(20-11-14-12-21-23-7-2-6-19-16(14)23)13-4-8-22(9-5-13)18(25)15-3-1-10-26-15/h2,6-7,12-13,15H,1,3-5,8-11H2,(H,20,24)/t15-/m1/s1. The molecule has 1 atom stereocenters. The average molecular weight is 357 g/mol. The van der Waals surface area contributed by atoms with Gasteiger partial charge in [-0.25, -0.2) is 9.50 Å². The summed E-state index contributed by atoms with van der Waals surface area (Å²) in [7, 11) is 0. The molecule has 2 aliphatic rings. The Bertz CT molecular complexity index is 791. The SMILES string of the molecule is O=C(NCc1cnn2cccnc12)C1CCN(C(=O)[C@H]2CCCO2)CC1. The van der Waals surface area contributed by atoms with Gasteiger partial charge in [0.1, 0.15) is 6.10 Å². The number of piperidine rings is 1. The summed E-state index contributed by atoms with van der Waals surface area (Å²) in [5.41, 5.74) is 1.65. The summed E-state index contributed by atoms with van der Waals surface area (Å²) in [5.74, 6) is 0.0571. The molecule has 4 heterocycles. The van der Waals surface area contributed by atoms with Crippen LogP contribution in [0.4, 0.5) is 0 Å². The van der Waals surface area contributed by atoms with E-state index in [2.05, 4.69) is 15.4 Å². The zero-order valence-electron chi connectivity index (χ0n) is 14.6. The molecule has 0 saturated carbocycles. The molecule has 2 saturated heterocycles. The number of nitrogens with zero attached hydrogens (tertiary/aromatic N) is 4. The third kappa shape index (κ3) is 3.41. The van der Waals surface area contributed by atoms with Crippen molar-refractivity contribution in [3.05, 3.63) is 30.2 Å². The number of ether oxygens (including phenoxy) is 1. The second-order valence-corrected chi connectivity index (χ2v) is 6.88. The summed E-state index contributed by atoms with van der Waals surface area (Å²) in [5, 5.41) is 7.21. The molecule has 0 aliphatic carbocycles. The van der Waals surface area contributed by atoms with Crippen LogP contribution >= 0.6 is 0 Å². The molecule has 138 valence electrons. The van der Waals surface area contributed by atoms with Gasteiger partial charge < -0.3 is 15.0 Å². The van der Waals surface area contributed by atoms with Crippen molar-refractivity contribution in [2.75, 3.05) is 19.7 Å². The molecule has 0 spiro atoms. The molecule has 8 heteroatoms. The Morgan fingerprint density at radius 3 is 2.88 bits per heavy atom. The van der Waals surface area contributed by atoms with Crippen LogP contribution in [0.1, 0.15) is 31.2 Å². The molecule has 2 fully saturated rings. The Morgan fingerprint density at radius 1 is 1.27 bits per heavy atom. The maximum absolute atomic E-state index is 12.5. The average Bonchev–Trinajstić information content (AvgIpc) is 3.36. The predicted molar refractivity (Wildman–Crippen MR) is 93.1 cm³/mol. The van der Waals surface area contributed by atoms with Crippen LogP contribution in [0, 0.1) is 5.92 Å². The number of hydrogen-bond acceptors (Lipinski definition) is 5. The van der Waals surface area contributed by atoms with E-state index >= 15 is 0 Å². The number of likely N-dealkylation sites (tertiary alicyclic amines) is 1. The summed E-state index contributed by atoms with van der Waals surface area (Å²) >= 11 is 0. The molecule has 2 aromatic heterocycles. The summed E-state index contributed by atoms with van der Waals surface area (Å²) in [6.45, 7) is 2.33. The van der Waals surface area contributed by atoms with Gasteiger partial charge in [-0.3, -0.25) is 9.59 Å². The van der Waals surface area contributed by atoms with Crippen LogP contribution < -0.4 is 5.32 Å². The van der Waals surface area contributed by atoms with E-state index in [9.17, 15) is 9.59 Å². The van der Waals surface area contributed by atoms with Gasteiger partial charge in [-0.15, -0.1) is 0 Å². The molecule has 1 N–H and O–H groups in total. The molecule has 2 aromatic rings. The first-order chi connectivity index (χ1) is 12.7. The van der Waals surface area contributed by atoms with Crippen LogP contribution in [0.25, 0.3) is 5.65 Å². The zero-order valence-corrected chi connectivity index (χ0v) is 14.6. The first-order valence-electron chi connectivity index (χ1n) is 9.18. The minimum Gasteiger partial charge on any atom is -0.368 e. The number of fused-ring (bicyclic) bond motifs is 1. The minimum absolute atomic E-state index is 0.0319. The normalized spacial score (nSPS) is 21.2. The number of nitrogens with one attached hydrogen (secondary N) is 1. The van der Waals surface area contributed by atoms with Crippen molar-refractivity contribution in [3.8, 4) is 0 Å². The number of carbonyl (C=O) groups is 2. The molecule has 0 bridgehead atoms. The van der Waals surface area contributed by atoms with Crippen molar-refractivity contribution in [3.63, 3.8) is 0 Å². The quantitative estimate of drug-likeness (QED) is 0.873.